The van der Waals surface area contributed by atoms with Gasteiger partial charge in [-0.15, -0.1) is 0 Å². The number of rotatable bonds is 19. The Labute approximate surface area is 182 Å². The lowest BCUT2D eigenvalue weighted by molar-refractivity contribution is -0.154. The third-order valence-corrected chi connectivity index (χ3v) is 4.86. The van der Waals surface area contributed by atoms with Gasteiger partial charge in [0.25, 0.3) is 0 Å². The maximum Gasteiger partial charge on any atom is 0.328 e. The quantitative estimate of drug-likeness (QED) is 0.237. The molecule has 0 aliphatic rings. The minimum atomic E-state index is -1.08. The van der Waals surface area contributed by atoms with Crippen LogP contribution in [0.4, 0.5) is 0 Å². The zero-order chi connectivity index (χ0) is 22.6. The predicted octanol–water partition coefficient (Wildman–Crippen LogP) is 4.05. The maximum atomic E-state index is 11.7. The van der Waals surface area contributed by atoms with Crippen LogP contribution in [0, 0.1) is 0 Å². The van der Waals surface area contributed by atoms with Gasteiger partial charge in [-0.1, -0.05) is 77.6 Å². The zero-order valence-electron chi connectivity index (χ0n) is 19.2. The summed E-state index contributed by atoms with van der Waals surface area (Å²) in [6.45, 7) is 4.54. The Balaban J connectivity index is 3.52. The number of ether oxygens (including phenoxy) is 2. The molecule has 0 saturated carbocycles. The molecule has 0 saturated heterocycles. The monoisotopic (exact) mass is 429 g/mol. The number of esters is 2. The van der Waals surface area contributed by atoms with E-state index in [2.05, 4.69) is 12.2 Å². The third-order valence-electron chi connectivity index (χ3n) is 4.86. The summed E-state index contributed by atoms with van der Waals surface area (Å²) in [5.41, 5.74) is 0. The van der Waals surface area contributed by atoms with Crippen molar-refractivity contribution in [3.05, 3.63) is 0 Å². The van der Waals surface area contributed by atoms with Gasteiger partial charge in [0.1, 0.15) is 25.4 Å². The highest BCUT2D eigenvalue weighted by molar-refractivity contribution is 5.82. The van der Waals surface area contributed by atoms with Crippen molar-refractivity contribution in [1.29, 1.82) is 0 Å². The molecule has 0 aromatic heterocycles. The minimum Gasteiger partial charge on any atom is -0.463 e. The Hall–Kier alpha value is -1.63. The van der Waals surface area contributed by atoms with E-state index >= 15 is 0 Å². The van der Waals surface area contributed by atoms with Crippen LogP contribution < -0.4 is 5.32 Å². The number of hydrogen-bond acceptors (Lipinski definition) is 6. The van der Waals surface area contributed by atoms with Gasteiger partial charge in [-0.25, -0.2) is 4.79 Å². The van der Waals surface area contributed by atoms with Crippen molar-refractivity contribution in [1.82, 2.24) is 5.32 Å². The van der Waals surface area contributed by atoms with E-state index in [4.69, 9.17) is 9.47 Å². The molecular weight excluding hydrogens is 386 g/mol. The number of carbonyl (C=O) groups excluding carboxylic acids is 3. The van der Waals surface area contributed by atoms with E-state index in [0.29, 0.717) is 6.42 Å². The summed E-state index contributed by atoms with van der Waals surface area (Å²) in [4.78, 5) is 34.2. The molecule has 2 N–H and O–H groups in total. The summed E-state index contributed by atoms with van der Waals surface area (Å²) in [5, 5.41) is 12.1. The number of hydrogen-bond donors (Lipinski definition) is 2. The van der Waals surface area contributed by atoms with Crippen LogP contribution in [0.25, 0.3) is 0 Å². The van der Waals surface area contributed by atoms with E-state index in [1.54, 1.807) is 0 Å². The van der Waals surface area contributed by atoms with Gasteiger partial charge in [0.2, 0.25) is 5.91 Å². The molecule has 7 nitrogen and oxygen atoms in total. The first-order chi connectivity index (χ1) is 14.4. The highest BCUT2D eigenvalue weighted by Gasteiger charge is 2.17. The van der Waals surface area contributed by atoms with Crippen LogP contribution in [0.2, 0.25) is 0 Å². The molecule has 30 heavy (non-hydrogen) atoms. The molecule has 2 atom stereocenters. The maximum absolute atomic E-state index is 11.7. The fourth-order valence-electron chi connectivity index (χ4n) is 3.09. The summed E-state index contributed by atoms with van der Waals surface area (Å²) in [5.74, 6) is -1.34. The van der Waals surface area contributed by atoms with Crippen molar-refractivity contribution in [2.24, 2.45) is 0 Å². The van der Waals surface area contributed by atoms with Crippen molar-refractivity contribution in [2.45, 2.75) is 116 Å². The molecule has 0 radical (unpaired) electrons. The van der Waals surface area contributed by atoms with Crippen molar-refractivity contribution in [3.8, 4) is 0 Å². The number of aliphatic hydroxyl groups excluding tert-OH is 1. The van der Waals surface area contributed by atoms with E-state index in [9.17, 15) is 19.5 Å². The topological polar surface area (TPSA) is 102 Å². The van der Waals surface area contributed by atoms with Crippen LogP contribution in [0.1, 0.15) is 104 Å². The van der Waals surface area contributed by atoms with Crippen LogP contribution in [0.5, 0.6) is 0 Å². The molecule has 0 aromatic carbocycles. The average Bonchev–Trinajstić information content (AvgIpc) is 2.70. The van der Waals surface area contributed by atoms with Crippen LogP contribution >= 0.6 is 0 Å². The van der Waals surface area contributed by atoms with Crippen LogP contribution in [-0.2, 0) is 23.9 Å². The van der Waals surface area contributed by atoms with Crippen molar-refractivity contribution in [3.63, 3.8) is 0 Å². The lowest BCUT2D eigenvalue weighted by Gasteiger charge is -2.15. The summed E-state index contributed by atoms with van der Waals surface area (Å²) in [6.07, 6.45) is 14.0. The largest absolute Gasteiger partial charge is 0.463 e. The van der Waals surface area contributed by atoms with Crippen molar-refractivity contribution >= 4 is 17.8 Å². The summed E-state index contributed by atoms with van der Waals surface area (Å²) >= 11 is 0. The number of nitrogens with one attached hydrogen (secondary N) is 1. The predicted molar refractivity (Wildman–Crippen MR) is 117 cm³/mol. The van der Waals surface area contributed by atoms with Gasteiger partial charge in [-0.3, -0.25) is 9.59 Å². The van der Waals surface area contributed by atoms with Gasteiger partial charge in [0, 0.05) is 13.3 Å². The molecule has 7 heteroatoms. The molecule has 0 bridgehead atoms. The number of carbonyl (C=O) groups is 3. The van der Waals surface area contributed by atoms with Gasteiger partial charge >= 0.3 is 11.9 Å². The average molecular weight is 430 g/mol. The van der Waals surface area contributed by atoms with E-state index in [1.807, 2.05) is 0 Å². The van der Waals surface area contributed by atoms with E-state index in [-0.39, 0.29) is 25.1 Å². The minimum absolute atomic E-state index is 0.209. The highest BCUT2D eigenvalue weighted by atomic mass is 16.6. The van der Waals surface area contributed by atoms with E-state index in [0.717, 1.165) is 19.3 Å². The fourth-order valence-corrected chi connectivity index (χ4v) is 3.09. The molecule has 0 fully saturated rings. The first kappa shape index (κ1) is 28.4. The van der Waals surface area contributed by atoms with Crippen molar-refractivity contribution in [2.75, 3.05) is 13.2 Å². The second-order valence-corrected chi connectivity index (χ2v) is 8.03. The number of amides is 1. The Morgan fingerprint density at radius 3 is 1.77 bits per heavy atom. The van der Waals surface area contributed by atoms with E-state index in [1.165, 1.54) is 71.6 Å². The van der Waals surface area contributed by atoms with Gasteiger partial charge < -0.3 is 19.9 Å². The second-order valence-electron chi connectivity index (χ2n) is 8.03. The molecular formula is C23H43NO6. The first-order valence-corrected chi connectivity index (χ1v) is 11.6. The highest BCUT2D eigenvalue weighted by Crippen LogP contribution is 2.12. The Kier molecular flexibility index (Phi) is 18.3. The second kappa shape index (κ2) is 19.3. The summed E-state index contributed by atoms with van der Waals surface area (Å²) < 4.78 is 9.89. The normalized spacial score (nSPS) is 12.8. The molecule has 0 spiro atoms. The standard InChI is InChI=1S/C23H43NO6/c1-4-5-6-7-8-9-10-11-12-13-14-15-16-22(27)29-17-21(26)18-30-23(28)19(2)24-20(3)25/h19,21,26H,4-18H2,1-3H3,(H,24,25)/t19-,21?/m1/s1. The van der Waals surface area contributed by atoms with Gasteiger partial charge in [-0.05, 0) is 13.3 Å². The van der Waals surface area contributed by atoms with Gasteiger partial charge in [0.15, 0.2) is 0 Å². The number of unbranched alkanes of at least 4 members (excludes halogenated alkanes) is 11. The van der Waals surface area contributed by atoms with Crippen LogP contribution in [0.3, 0.4) is 0 Å². The van der Waals surface area contributed by atoms with Crippen molar-refractivity contribution < 1.29 is 29.0 Å². The SMILES string of the molecule is CCCCCCCCCCCCCCC(=O)OCC(O)COC(=O)[C@@H](C)NC(C)=O. The summed E-state index contributed by atoms with van der Waals surface area (Å²) in [7, 11) is 0. The fraction of sp³-hybridized carbons (Fsp3) is 0.870. The van der Waals surface area contributed by atoms with Crippen LogP contribution in [0.15, 0.2) is 0 Å². The van der Waals surface area contributed by atoms with E-state index < -0.39 is 18.1 Å². The molecule has 176 valence electrons. The summed E-state index contributed by atoms with van der Waals surface area (Å²) in [6, 6.07) is -0.789. The van der Waals surface area contributed by atoms with Crippen LogP contribution in [-0.4, -0.2) is 48.3 Å². The zero-order valence-corrected chi connectivity index (χ0v) is 19.2. The molecule has 0 heterocycles. The molecule has 1 amide bonds. The molecule has 0 aromatic rings. The Morgan fingerprint density at radius 2 is 1.27 bits per heavy atom. The third kappa shape index (κ3) is 18.4. The van der Waals surface area contributed by atoms with Gasteiger partial charge in [0.05, 0.1) is 0 Å². The first-order valence-electron chi connectivity index (χ1n) is 11.6. The molecule has 1 unspecified atom stereocenters. The molecule has 0 aliphatic carbocycles. The molecule has 0 rings (SSSR count). The Bertz CT molecular complexity index is 469. The lowest BCUT2D eigenvalue weighted by Crippen LogP contribution is -2.39. The smallest absolute Gasteiger partial charge is 0.328 e. The number of aliphatic hydroxyl groups is 1. The van der Waals surface area contributed by atoms with Gasteiger partial charge in [-0.2, -0.15) is 0 Å². The Morgan fingerprint density at radius 1 is 0.800 bits per heavy atom. The lowest BCUT2D eigenvalue weighted by atomic mass is 10.0. The molecule has 0 aliphatic heterocycles.